The molecule has 34 heavy (non-hydrogen) atoms. The molecule has 9 nitrogen and oxygen atoms in total. The maximum absolute atomic E-state index is 11.2. The third-order valence-electron chi connectivity index (χ3n) is 5.40. The number of nitrogens with zero attached hydrogens (tertiary/aromatic N) is 4. The molecule has 1 aliphatic heterocycles. The Labute approximate surface area is 203 Å². The first-order valence-electron chi connectivity index (χ1n) is 10.9. The number of halogens is 1. The second-order valence-corrected chi connectivity index (χ2v) is 8.36. The Morgan fingerprint density at radius 2 is 1.82 bits per heavy atom. The van der Waals surface area contributed by atoms with Crippen molar-refractivity contribution < 1.29 is 14.3 Å². The van der Waals surface area contributed by atoms with Gasteiger partial charge in [-0.15, -0.1) is 0 Å². The van der Waals surface area contributed by atoms with E-state index in [1.54, 1.807) is 31.4 Å². The van der Waals surface area contributed by atoms with Gasteiger partial charge in [0.2, 0.25) is 17.7 Å². The van der Waals surface area contributed by atoms with Crippen LogP contribution < -0.4 is 25.0 Å². The van der Waals surface area contributed by atoms with Gasteiger partial charge in [0.25, 0.3) is 0 Å². The van der Waals surface area contributed by atoms with Gasteiger partial charge < -0.3 is 29.9 Å². The van der Waals surface area contributed by atoms with Crippen molar-refractivity contribution in [2.24, 2.45) is 0 Å². The molecule has 1 fully saturated rings. The van der Waals surface area contributed by atoms with E-state index in [-0.39, 0.29) is 16.8 Å². The fourth-order valence-corrected chi connectivity index (χ4v) is 3.70. The number of ether oxygens (including phenoxy) is 2. The van der Waals surface area contributed by atoms with Crippen LogP contribution in [0.1, 0.15) is 6.92 Å². The summed E-state index contributed by atoms with van der Waals surface area (Å²) in [5.41, 5.74) is 2.51. The molecular weight excluding hydrogens is 456 g/mol. The Balaban J connectivity index is 1.49. The summed E-state index contributed by atoms with van der Waals surface area (Å²) in [6.07, 6.45) is 1.48. The van der Waals surface area contributed by atoms with Crippen LogP contribution in [-0.4, -0.2) is 61.1 Å². The van der Waals surface area contributed by atoms with Gasteiger partial charge in [0, 0.05) is 50.5 Å². The Kier molecular flexibility index (Phi) is 7.34. The van der Waals surface area contributed by atoms with E-state index in [1.807, 2.05) is 12.1 Å². The zero-order chi connectivity index (χ0) is 24.1. The first kappa shape index (κ1) is 23.6. The number of piperazine rings is 1. The second-order valence-electron chi connectivity index (χ2n) is 7.95. The molecule has 0 aliphatic carbocycles. The molecule has 0 radical (unpaired) electrons. The van der Waals surface area contributed by atoms with E-state index < -0.39 is 0 Å². The minimum atomic E-state index is -0.143. The van der Waals surface area contributed by atoms with Crippen LogP contribution in [0.15, 0.2) is 48.7 Å². The lowest BCUT2D eigenvalue weighted by Gasteiger charge is -2.34. The van der Waals surface area contributed by atoms with E-state index in [0.29, 0.717) is 23.1 Å². The molecule has 1 saturated heterocycles. The normalized spacial score (nSPS) is 13.9. The van der Waals surface area contributed by atoms with Crippen molar-refractivity contribution in [3.63, 3.8) is 0 Å². The first-order valence-corrected chi connectivity index (χ1v) is 11.3. The van der Waals surface area contributed by atoms with Gasteiger partial charge in [-0.2, -0.15) is 4.98 Å². The van der Waals surface area contributed by atoms with Crippen LogP contribution in [-0.2, 0) is 4.79 Å². The number of carbonyl (C=O) groups excluding carboxylic acids is 1. The molecule has 1 amide bonds. The van der Waals surface area contributed by atoms with Crippen LogP contribution >= 0.6 is 11.6 Å². The number of rotatable bonds is 7. The minimum absolute atomic E-state index is 0.143. The van der Waals surface area contributed by atoms with Gasteiger partial charge in [-0.3, -0.25) is 4.79 Å². The molecule has 178 valence electrons. The molecule has 2 heterocycles. The zero-order valence-corrected chi connectivity index (χ0v) is 20.1. The Bertz CT molecular complexity index is 1150. The summed E-state index contributed by atoms with van der Waals surface area (Å²) in [5.74, 6) is 1.59. The summed E-state index contributed by atoms with van der Waals surface area (Å²) >= 11 is 6.26. The highest BCUT2D eigenvalue weighted by molar-refractivity contribution is 6.31. The third-order valence-corrected chi connectivity index (χ3v) is 5.66. The summed E-state index contributed by atoms with van der Waals surface area (Å²) in [4.78, 5) is 24.5. The highest BCUT2D eigenvalue weighted by Gasteiger charge is 2.17. The first-order chi connectivity index (χ1) is 16.4. The van der Waals surface area contributed by atoms with Crippen molar-refractivity contribution in [3.05, 3.63) is 53.7 Å². The molecule has 0 spiro atoms. The lowest BCUT2D eigenvalue weighted by atomic mass is 10.2. The summed E-state index contributed by atoms with van der Waals surface area (Å²) in [6, 6.07) is 12.9. The van der Waals surface area contributed by atoms with Crippen molar-refractivity contribution in [3.8, 4) is 17.4 Å². The topological polar surface area (TPSA) is 91.9 Å². The van der Waals surface area contributed by atoms with E-state index in [4.69, 9.17) is 21.1 Å². The molecule has 1 aromatic heterocycles. The predicted octanol–water partition coefficient (Wildman–Crippen LogP) is 4.38. The quantitative estimate of drug-likeness (QED) is 0.512. The summed E-state index contributed by atoms with van der Waals surface area (Å²) < 4.78 is 11.4. The lowest BCUT2D eigenvalue weighted by Crippen LogP contribution is -2.44. The number of amides is 1. The van der Waals surface area contributed by atoms with Gasteiger partial charge in [0.1, 0.15) is 16.5 Å². The van der Waals surface area contributed by atoms with E-state index in [0.717, 1.165) is 37.6 Å². The molecule has 1 aliphatic rings. The van der Waals surface area contributed by atoms with Crippen LogP contribution in [0.2, 0.25) is 5.02 Å². The smallest absolute Gasteiger partial charge is 0.243 e. The number of methoxy groups -OCH3 is 1. The van der Waals surface area contributed by atoms with Crippen molar-refractivity contribution in [2.45, 2.75) is 6.92 Å². The van der Waals surface area contributed by atoms with E-state index in [9.17, 15) is 4.79 Å². The van der Waals surface area contributed by atoms with Crippen LogP contribution in [0, 0.1) is 0 Å². The molecule has 10 heteroatoms. The fraction of sp³-hybridized carbons (Fsp3) is 0.292. The number of hydrogen-bond acceptors (Lipinski definition) is 8. The second kappa shape index (κ2) is 10.6. The maximum atomic E-state index is 11.2. The molecule has 0 unspecified atom stereocenters. The summed E-state index contributed by atoms with van der Waals surface area (Å²) in [7, 11) is 3.77. The molecule has 2 aromatic carbocycles. The zero-order valence-electron chi connectivity index (χ0n) is 19.3. The van der Waals surface area contributed by atoms with Crippen LogP contribution in [0.3, 0.4) is 0 Å². The van der Waals surface area contributed by atoms with Crippen LogP contribution in [0.4, 0.5) is 23.0 Å². The van der Waals surface area contributed by atoms with Crippen molar-refractivity contribution in [1.82, 2.24) is 14.9 Å². The molecule has 0 bridgehead atoms. The highest BCUT2D eigenvalue weighted by atomic mass is 35.5. The highest BCUT2D eigenvalue weighted by Crippen LogP contribution is 2.33. The molecule has 0 saturated carbocycles. The average Bonchev–Trinajstić information content (AvgIpc) is 2.83. The van der Waals surface area contributed by atoms with E-state index in [1.165, 1.54) is 13.1 Å². The standard InChI is InChI=1S/C24H27ClN6O3/c1-16(32)27-17-4-7-19(8-5-17)34-23-20(25)15-26-24(29-23)28-21-9-6-18(14-22(21)33-3)31-12-10-30(2)11-13-31/h4-9,14-15H,10-13H2,1-3H3,(H,27,32)(H,26,28,29). The van der Waals surface area contributed by atoms with Crippen molar-refractivity contribution in [2.75, 3.05) is 55.9 Å². The largest absolute Gasteiger partial charge is 0.494 e. The molecule has 2 N–H and O–H groups in total. The minimum Gasteiger partial charge on any atom is -0.494 e. The van der Waals surface area contributed by atoms with Crippen LogP contribution in [0.25, 0.3) is 0 Å². The number of aromatic nitrogens is 2. The number of benzene rings is 2. The van der Waals surface area contributed by atoms with Crippen molar-refractivity contribution >= 4 is 40.5 Å². The number of likely N-dealkylation sites (N-methyl/N-ethyl adjacent to an activating group) is 1. The number of anilines is 4. The van der Waals surface area contributed by atoms with Gasteiger partial charge in [-0.1, -0.05) is 11.6 Å². The number of nitrogens with one attached hydrogen (secondary N) is 2. The van der Waals surface area contributed by atoms with Gasteiger partial charge in [-0.05, 0) is 43.4 Å². The monoisotopic (exact) mass is 482 g/mol. The molecule has 3 aromatic rings. The predicted molar refractivity (Wildman–Crippen MR) is 134 cm³/mol. The SMILES string of the molecule is COc1cc(N2CCN(C)CC2)ccc1Nc1ncc(Cl)c(Oc2ccc(NC(C)=O)cc2)n1. The lowest BCUT2D eigenvalue weighted by molar-refractivity contribution is -0.114. The maximum Gasteiger partial charge on any atom is 0.243 e. The molecule has 4 rings (SSSR count). The Morgan fingerprint density at radius 1 is 1.09 bits per heavy atom. The Hall–Kier alpha value is -3.56. The van der Waals surface area contributed by atoms with Gasteiger partial charge in [-0.25, -0.2) is 4.98 Å². The Morgan fingerprint density at radius 3 is 2.50 bits per heavy atom. The summed E-state index contributed by atoms with van der Waals surface area (Å²) in [5, 5.41) is 6.16. The van der Waals surface area contributed by atoms with E-state index in [2.05, 4.69) is 43.5 Å². The third kappa shape index (κ3) is 5.86. The van der Waals surface area contributed by atoms with Gasteiger partial charge in [0.05, 0.1) is 19.0 Å². The van der Waals surface area contributed by atoms with Gasteiger partial charge in [0.15, 0.2) is 0 Å². The van der Waals surface area contributed by atoms with Gasteiger partial charge >= 0.3 is 0 Å². The van der Waals surface area contributed by atoms with E-state index >= 15 is 0 Å². The van der Waals surface area contributed by atoms with Crippen molar-refractivity contribution in [1.29, 1.82) is 0 Å². The average molecular weight is 483 g/mol. The number of carbonyl (C=O) groups is 1. The molecular formula is C24H27ClN6O3. The molecule has 0 atom stereocenters. The van der Waals surface area contributed by atoms with Crippen LogP contribution in [0.5, 0.6) is 17.4 Å². The number of hydrogen-bond donors (Lipinski definition) is 2. The summed E-state index contributed by atoms with van der Waals surface area (Å²) in [6.45, 7) is 5.45. The fourth-order valence-electron chi connectivity index (χ4n) is 3.57.